The first kappa shape index (κ1) is 17.8. The number of carbonyl (C=O) groups is 1. The van der Waals surface area contributed by atoms with E-state index in [1.54, 1.807) is 0 Å². The highest BCUT2D eigenvalue weighted by Gasteiger charge is 2.51. The molecule has 2 aliphatic rings. The molecule has 0 bridgehead atoms. The number of benzene rings is 1. The molecule has 2 aliphatic carbocycles. The normalized spacial score (nSPS) is 28.4. The van der Waals surface area contributed by atoms with Crippen molar-refractivity contribution in [2.24, 2.45) is 16.7 Å². The molecule has 1 amide bonds. The van der Waals surface area contributed by atoms with Crippen LogP contribution < -0.4 is 5.32 Å². The lowest BCUT2D eigenvalue weighted by Crippen LogP contribution is -2.47. The first-order valence-corrected chi connectivity index (χ1v) is 9.18. The molecule has 2 atom stereocenters. The van der Waals surface area contributed by atoms with Gasteiger partial charge in [0.25, 0.3) is 5.91 Å². The van der Waals surface area contributed by atoms with Crippen molar-refractivity contribution in [1.29, 1.82) is 0 Å². The van der Waals surface area contributed by atoms with E-state index in [2.05, 4.69) is 33.0 Å². The van der Waals surface area contributed by atoms with Crippen molar-refractivity contribution in [3.05, 3.63) is 29.3 Å². The molecule has 1 saturated carbocycles. The lowest BCUT2D eigenvalue weighted by Gasteiger charge is -2.54. The zero-order valence-corrected chi connectivity index (χ0v) is 15.6. The van der Waals surface area contributed by atoms with Crippen LogP contribution in [0.1, 0.15) is 59.8 Å². The van der Waals surface area contributed by atoms with E-state index in [4.69, 9.17) is 0 Å². The van der Waals surface area contributed by atoms with Crippen LogP contribution in [0.4, 0.5) is 5.69 Å². The van der Waals surface area contributed by atoms with Crippen LogP contribution in [0.25, 0.3) is 0 Å². The van der Waals surface area contributed by atoms with Gasteiger partial charge in [0.1, 0.15) is 11.5 Å². The van der Waals surface area contributed by atoms with Crippen LogP contribution in [0.15, 0.2) is 29.3 Å². The van der Waals surface area contributed by atoms with Crippen LogP contribution in [-0.2, 0) is 4.79 Å². The lowest BCUT2D eigenvalue weighted by atomic mass is 9.50. The highest BCUT2D eigenvalue weighted by molar-refractivity contribution is 6.05. The molecule has 0 heterocycles. The van der Waals surface area contributed by atoms with Crippen LogP contribution in [0.5, 0.6) is 11.5 Å². The summed E-state index contributed by atoms with van der Waals surface area (Å²) in [6.07, 6.45) is 5.47. The third kappa shape index (κ3) is 3.14. The first-order valence-electron chi connectivity index (χ1n) is 9.18. The Hall–Kier alpha value is -1.97. The Morgan fingerprint density at radius 2 is 1.76 bits per heavy atom. The summed E-state index contributed by atoms with van der Waals surface area (Å²) in [5.41, 5.74) is 2.61. The fourth-order valence-electron chi connectivity index (χ4n) is 5.42. The number of carbonyl (C=O) groups excluding carboxylic acids is 1. The smallest absolute Gasteiger partial charge is 0.252 e. The average Bonchev–Trinajstić information content (AvgIpc) is 2.44. The van der Waals surface area contributed by atoms with Crippen LogP contribution in [0, 0.1) is 16.7 Å². The van der Waals surface area contributed by atoms with E-state index < -0.39 is 0 Å². The fraction of sp³-hybridized carbons (Fsp3) is 0.571. The second-order valence-electron chi connectivity index (χ2n) is 8.70. The van der Waals surface area contributed by atoms with Gasteiger partial charge in [-0.3, -0.25) is 4.79 Å². The quantitative estimate of drug-likeness (QED) is 0.709. The predicted octanol–water partition coefficient (Wildman–Crippen LogP) is 4.98. The summed E-state index contributed by atoms with van der Waals surface area (Å²) in [5, 5.41) is 22.2. The predicted molar refractivity (Wildman–Crippen MR) is 99.6 cm³/mol. The van der Waals surface area contributed by atoms with Gasteiger partial charge >= 0.3 is 0 Å². The topological polar surface area (TPSA) is 69.6 Å². The lowest BCUT2D eigenvalue weighted by molar-refractivity contribution is -0.115. The summed E-state index contributed by atoms with van der Waals surface area (Å²) in [7, 11) is 0. The third-order valence-corrected chi connectivity index (χ3v) is 6.42. The van der Waals surface area contributed by atoms with Crippen molar-refractivity contribution in [2.75, 3.05) is 5.32 Å². The molecule has 0 aliphatic heterocycles. The third-order valence-electron chi connectivity index (χ3n) is 6.42. The minimum atomic E-state index is -0.118. The molecule has 136 valence electrons. The van der Waals surface area contributed by atoms with E-state index in [1.807, 2.05) is 0 Å². The standard InChI is InChI=1S/C21H29NO3/c1-13-6-7-17-20(2,3)8-5-9-21(17,4)18(13)19(25)22-14-10-15(23)12-16(24)11-14/h10-12,17,23-24H,5-9H2,1-4H3,(H,22,25)/t17?,21-/m0/s1. The molecule has 4 heteroatoms. The molecule has 0 aromatic heterocycles. The molecule has 0 radical (unpaired) electrons. The van der Waals surface area contributed by atoms with Gasteiger partial charge in [-0.15, -0.1) is 0 Å². The molecule has 3 rings (SSSR count). The number of rotatable bonds is 2. The van der Waals surface area contributed by atoms with E-state index in [9.17, 15) is 15.0 Å². The van der Waals surface area contributed by atoms with Gasteiger partial charge in [0.2, 0.25) is 0 Å². The van der Waals surface area contributed by atoms with Gasteiger partial charge in [0.15, 0.2) is 0 Å². The molecule has 1 aromatic rings. The molecule has 1 fully saturated rings. The highest BCUT2D eigenvalue weighted by atomic mass is 16.3. The maximum Gasteiger partial charge on any atom is 0.252 e. The van der Waals surface area contributed by atoms with Gasteiger partial charge in [-0.25, -0.2) is 0 Å². The second kappa shape index (κ2) is 6.08. The van der Waals surface area contributed by atoms with E-state index >= 15 is 0 Å². The molecule has 1 unspecified atom stereocenters. The van der Waals surface area contributed by atoms with Gasteiger partial charge in [-0.2, -0.15) is 0 Å². The molecule has 1 aromatic carbocycles. The number of anilines is 1. The number of phenols is 2. The highest BCUT2D eigenvalue weighted by Crippen LogP contribution is 2.59. The van der Waals surface area contributed by atoms with Crippen LogP contribution in [0.2, 0.25) is 0 Å². The van der Waals surface area contributed by atoms with E-state index in [-0.39, 0.29) is 28.2 Å². The molecule has 4 nitrogen and oxygen atoms in total. The Bertz CT molecular complexity index is 714. The monoisotopic (exact) mass is 343 g/mol. The largest absolute Gasteiger partial charge is 0.508 e. The average molecular weight is 343 g/mol. The van der Waals surface area contributed by atoms with Crippen LogP contribution in [-0.4, -0.2) is 16.1 Å². The second-order valence-corrected chi connectivity index (χ2v) is 8.70. The van der Waals surface area contributed by atoms with Crippen molar-refractivity contribution in [1.82, 2.24) is 0 Å². The zero-order valence-electron chi connectivity index (χ0n) is 15.6. The number of aromatic hydroxyl groups is 2. The van der Waals surface area contributed by atoms with E-state index in [1.165, 1.54) is 30.2 Å². The molecule has 0 saturated heterocycles. The Morgan fingerprint density at radius 3 is 2.40 bits per heavy atom. The minimum Gasteiger partial charge on any atom is -0.508 e. The van der Waals surface area contributed by atoms with Gasteiger partial charge < -0.3 is 15.5 Å². The Kier molecular flexibility index (Phi) is 4.34. The SMILES string of the molecule is CC1=C(C(=O)Nc2cc(O)cc(O)c2)[C@@]2(C)CCCC(C)(C)C2CC1. The molecule has 0 spiro atoms. The summed E-state index contributed by atoms with van der Waals surface area (Å²) in [6.45, 7) is 8.98. The Labute approximate surface area is 150 Å². The first-order chi connectivity index (χ1) is 11.6. The van der Waals surface area contributed by atoms with Gasteiger partial charge in [-0.05, 0) is 43.9 Å². The van der Waals surface area contributed by atoms with E-state index in [0.29, 0.717) is 11.6 Å². The number of fused-ring (bicyclic) bond motifs is 1. The number of nitrogens with one attached hydrogen (secondary N) is 1. The number of hydrogen-bond acceptors (Lipinski definition) is 3. The van der Waals surface area contributed by atoms with Crippen LogP contribution in [0.3, 0.4) is 0 Å². The Morgan fingerprint density at radius 1 is 1.12 bits per heavy atom. The summed E-state index contributed by atoms with van der Waals surface area (Å²) >= 11 is 0. The van der Waals surface area contributed by atoms with Gasteiger partial charge in [0.05, 0.1) is 0 Å². The number of phenolic OH excluding ortho intramolecular Hbond substituents is 2. The summed E-state index contributed by atoms with van der Waals surface area (Å²) in [6, 6.07) is 4.17. The number of amides is 1. The minimum absolute atomic E-state index is 0.0625. The van der Waals surface area contributed by atoms with E-state index in [0.717, 1.165) is 31.3 Å². The maximum atomic E-state index is 13.1. The van der Waals surface area contributed by atoms with Crippen molar-refractivity contribution in [3.63, 3.8) is 0 Å². The Balaban J connectivity index is 1.94. The van der Waals surface area contributed by atoms with Crippen molar-refractivity contribution < 1.29 is 15.0 Å². The van der Waals surface area contributed by atoms with Gasteiger partial charge in [-0.1, -0.05) is 32.8 Å². The van der Waals surface area contributed by atoms with Crippen molar-refractivity contribution in [3.8, 4) is 11.5 Å². The van der Waals surface area contributed by atoms with Crippen molar-refractivity contribution >= 4 is 11.6 Å². The fourth-order valence-corrected chi connectivity index (χ4v) is 5.42. The van der Waals surface area contributed by atoms with Crippen LogP contribution >= 0.6 is 0 Å². The summed E-state index contributed by atoms with van der Waals surface area (Å²) in [5.74, 6) is 0.267. The number of hydrogen-bond donors (Lipinski definition) is 3. The number of allylic oxidation sites excluding steroid dienone is 1. The maximum absolute atomic E-state index is 13.1. The summed E-state index contributed by atoms with van der Waals surface area (Å²) < 4.78 is 0. The summed E-state index contributed by atoms with van der Waals surface area (Å²) in [4.78, 5) is 13.1. The molecule has 3 N–H and O–H groups in total. The molecule has 25 heavy (non-hydrogen) atoms. The van der Waals surface area contributed by atoms with Crippen molar-refractivity contribution in [2.45, 2.75) is 59.8 Å². The molecular weight excluding hydrogens is 314 g/mol. The van der Waals surface area contributed by atoms with Gasteiger partial charge in [0, 0.05) is 34.9 Å². The molecular formula is C21H29NO3. The zero-order chi connectivity index (χ0) is 18.4.